The highest BCUT2D eigenvalue weighted by atomic mass is 16.5. The van der Waals surface area contributed by atoms with Crippen molar-refractivity contribution in [3.05, 3.63) is 36.2 Å². The van der Waals surface area contributed by atoms with E-state index in [1.54, 1.807) is 18.2 Å². The molecule has 0 bridgehead atoms. The van der Waals surface area contributed by atoms with Crippen LogP contribution in [0.25, 0.3) is 0 Å². The van der Waals surface area contributed by atoms with Crippen LogP contribution in [0.2, 0.25) is 0 Å². The molecule has 0 aliphatic rings. The maximum Gasteiger partial charge on any atom is 0.328 e. The fourth-order valence-corrected chi connectivity index (χ4v) is 1.58. The molecule has 0 saturated carbocycles. The van der Waals surface area contributed by atoms with E-state index in [-0.39, 0.29) is 6.54 Å². The largest absolute Gasteiger partial charge is 0.451 e. The molecule has 1 amide bonds. The summed E-state index contributed by atoms with van der Waals surface area (Å²) in [6.45, 7) is 1.26. The second-order valence-electron chi connectivity index (χ2n) is 4.32. The summed E-state index contributed by atoms with van der Waals surface area (Å²) in [6.07, 6.45) is 0.272. The highest BCUT2D eigenvalue weighted by Gasteiger charge is 2.18. The number of rotatable bonds is 5. The minimum absolute atomic E-state index is 0.186. The van der Waals surface area contributed by atoms with Crippen molar-refractivity contribution >= 4 is 17.6 Å². The molecule has 1 aromatic carbocycles. The highest BCUT2D eigenvalue weighted by Crippen LogP contribution is 2.10. The Bertz CT molecular complexity index is 707. The van der Waals surface area contributed by atoms with Crippen LogP contribution in [0.3, 0.4) is 0 Å². The summed E-state index contributed by atoms with van der Waals surface area (Å²) in [6, 6.07) is 8.38. The van der Waals surface area contributed by atoms with Gasteiger partial charge < -0.3 is 10.1 Å². The molecular weight excluding hydrogens is 288 g/mol. The van der Waals surface area contributed by atoms with Crippen molar-refractivity contribution in [1.29, 1.82) is 5.26 Å². The minimum Gasteiger partial charge on any atom is -0.451 e. The summed E-state index contributed by atoms with van der Waals surface area (Å²) in [7, 11) is 0. The van der Waals surface area contributed by atoms with Crippen molar-refractivity contribution in [2.45, 2.75) is 19.6 Å². The molecule has 1 heterocycles. The van der Waals surface area contributed by atoms with Crippen molar-refractivity contribution in [2.24, 2.45) is 0 Å². The van der Waals surface area contributed by atoms with E-state index in [2.05, 4.69) is 20.8 Å². The number of esters is 1. The third-order valence-electron chi connectivity index (χ3n) is 2.62. The van der Waals surface area contributed by atoms with Crippen molar-refractivity contribution in [3.63, 3.8) is 0 Å². The Labute approximate surface area is 125 Å². The lowest BCUT2D eigenvalue weighted by Crippen LogP contribution is -2.31. The van der Waals surface area contributed by atoms with Gasteiger partial charge in [0.05, 0.1) is 11.6 Å². The first kappa shape index (κ1) is 15.1. The van der Waals surface area contributed by atoms with E-state index in [4.69, 9.17) is 10.00 Å². The summed E-state index contributed by atoms with van der Waals surface area (Å²) < 4.78 is 6.17. The molecule has 112 valence electrons. The van der Waals surface area contributed by atoms with Gasteiger partial charge in [0.2, 0.25) is 0 Å². The lowest BCUT2D eigenvalue weighted by molar-refractivity contribution is -0.153. The molecule has 1 aromatic heterocycles. The van der Waals surface area contributed by atoms with E-state index < -0.39 is 18.0 Å². The maximum atomic E-state index is 11.9. The number of hydrogen-bond donors (Lipinski definition) is 1. The van der Waals surface area contributed by atoms with Gasteiger partial charge in [-0.05, 0) is 35.5 Å². The lowest BCUT2D eigenvalue weighted by atomic mass is 10.2. The van der Waals surface area contributed by atoms with E-state index in [1.165, 1.54) is 24.0 Å². The van der Waals surface area contributed by atoms with Gasteiger partial charge in [-0.15, -0.1) is 5.10 Å². The van der Waals surface area contributed by atoms with Gasteiger partial charge in [-0.25, -0.2) is 4.68 Å². The van der Waals surface area contributed by atoms with Gasteiger partial charge in [0.15, 0.2) is 6.10 Å². The molecule has 0 radical (unpaired) electrons. The summed E-state index contributed by atoms with van der Waals surface area (Å²) >= 11 is 0. The van der Waals surface area contributed by atoms with Crippen molar-refractivity contribution in [2.75, 3.05) is 5.32 Å². The van der Waals surface area contributed by atoms with Crippen molar-refractivity contribution < 1.29 is 14.3 Å². The molecule has 2 rings (SSSR count). The molecule has 1 N–H and O–H groups in total. The molecule has 2 aromatic rings. The SMILES string of the molecule is C[C@@H](OC(=O)Cn1cnnn1)C(=O)Nc1cccc(C#N)c1. The van der Waals surface area contributed by atoms with Gasteiger partial charge in [0.25, 0.3) is 5.91 Å². The number of amides is 1. The number of nitrogens with one attached hydrogen (secondary N) is 1. The van der Waals surface area contributed by atoms with Crippen LogP contribution < -0.4 is 5.32 Å². The average Bonchev–Trinajstić information content (AvgIpc) is 3.00. The number of nitriles is 1. The molecule has 0 spiro atoms. The fourth-order valence-electron chi connectivity index (χ4n) is 1.58. The maximum absolute atomic E-state index is 11.9. The Kier molecular flexibility index (Phi) is 4.77. The van der Waals surface area contributed by atoms with E-state index in [0.29, 0.717) is 11.3 Å². The Morgan fingerprint density at radius 1 is 1.50 bits per heavy atom. The van der Waals surface area contributed by atoms with Crippen molar-refractivity contribution in [1.82, 2.24) is 20.2 Å². The molecule has 22 heavy (non-hydrogen) atoms. The number of hydrogen-bond acceptors (Lipinski definition) is 7. The summed E-state index contributed by atoms with van der Waals surface area (Å²) in [4.78, 5) is 23.5. The Morgan fingerprint density at radius 2 is 2.32 bits per heavy atom. The van der Waals surface area contributed by atoms with Gasteiger partial charge >= 0.3 is 5.97 Å². The number of tetrazole rings is 1. The number of ether oxygens (including phenoxy) is 1. The van der Waals surface area contributed by atoms with Crippen molar-refractivity contribution in [3.8, 4) is 6.07 Å². The number of anilines is 1. The first-order valence-electron chi connectivity index (χ1n) is 6.30. The standard InChI is InChI=1S/C13H12N6O3/c1-9(22-12(20)7-19-8-15-17-18-19)13(21)16-11-4-2-3-10(5-11)6-14/h2-5,8-9H,7H2,1H3,(H,16,21)/t9-/m1/s1. The smallest absolute Gasteiger partial charge is 0.328 e. The van der Waals surface area contributed by atoms with E-state index >= 15 is 0 Å². The Hall–Kier alpha value is -3.28. The molecule has 0 aliphatic heterocycles. The molecule has 0 saturated heterocycles. The van der Waals surface area contributed by atoms with E-state index in [1.807, 2.05) is 6.07 Å². The van der Waals surface area contributed by atoms with Crippen LogP contribution in [-0.2, 0) is 20.9 Å². The number of carbonyl (C=O) groups is 2. The monoisotopic (exact) mass is 300 g/mol. The van der Waals surface area contributed by atoms with Gasteiger partial charge in [0, 0.05) is 5.69 Å². The number of carbonyl (C=O) groups excluding carboxylic acids is 2. The van der Waals surface area contributed by atoms with Crippen LogP contribution in [0.15, 0.2) is 30.6 Å². The van der Waals surface area contributed by atoms with E-state index in [9.17, 15) is 9.59 Å². The van der Waals surface area contributed by atoms with Crippen LogP contribution >= 0.6 is 0 Å². The predicted octanol–water partition coefficient (Wildman–Crippen LogP) is 0.115. The number of aromatic nitrogens is 4. The van der Waals surface area contributed by atoms with Gasteiger partial charge in [0.1, 0.15) is 12.9 Å². The van der Waals surface area contributed by atoms with Crippen LogP contribution in [0.1, 0.15) is 12.5 Å². The molecule has 0 unspecified atom stereocenters. The van der Waals surface area contributed by atoms with Gasteiger partial charge in [-0.2, -0.15) is 5.26 Å². The first-order valence-corrected chi connectivity index (χ1v) is 6.30. The van der Waals surface area contributed by atoms with Gasteiger partial charge in [-0.1, -0.05) is 6.07 Å². The van der Waals surface area contributed by atoms with Crippen LogP contribution in [0, 0.1) is 11.3 Å². The van der Waals surface area contributed by atoms with Gasteiger partial charge in [-0.3, -0.25) is 9.59 Å². The molecule has 0 fully saturated rings. The third kappa shape index (κ3) is 4.11. The molecule has 9 heteroatoms. The van der Waals surface area contributed by atoms with Crippen LogP contribution in [-0.4, -0.2) is 38.2 Å². The zero-order valence-corrected chi connectivity index (χ0v) is 11.6. The number of benzene rings is 1. The Balaban J connectivity index is 1.89. The van der Waals surface area contributed by atoms with Crippen LogP contribution in [0.5, 0.6) is 0 Å². The molecule has 0 aliphatic carbocycles. The second-order valence-corrected chi connectivity index (χ2v) is 4.32. The second kappa shape index (κ2) is 6.94. The number of nitrogens with zero attached hydrogens (tertiary/aromatic N) is 5. The summed E-state index contributed by atoms with van der Waals surface area (Å²) in [5.41, 5.74) is 0.869. The zero-order valence-electron chi connectivity index (χ0n) is 11.6. The summed E-state index contributed by atoms with van der Waals surface area (Å²) in [5.74, 6) is -1.14. The fraction of sp³-hybridized carbons (Fsp3) is 0.231. The predicted molar refractivity (Wildman–Crippen MR) is 73.2 cm³/mol. The topological polar surface area (TPSA) is 123 Å². The third-order valence-corrected chi connectivity index (χ3v) is 2.62. The molecule has 1 atom stereocenters. The molecule has 9 nitrogen and oxygen atoms in total. The zero-order chi connectivity index (χ0) is 15.9. The first-order chi connectivity index (χ1) is 10.6. The normalized spacial score (nSPS) is 11.3. The lowest BCUT2D eigenvalue weighted by Gasteiger charge is -2.13. The quantitative estimate of drug-likeness (QED) is 0.777. The highest BCUT2D eigenvalue weighted by molar-refractivity contribution is 5.95. The minimum atomic E-state index is -0.991. The Morgan fingerprint density at radius 3 is 3.00 bits per heavy atom. The average molecular weight is 300 g/mol. The molecular formula is C13H12N6O3. The van der Waals surface area contributed by atoms with Crippen LogP contribution in [0.4, 0.5) is 5.69 Å². The summed E-state index contributed by atoms with van der Waals surface area (Å²) in [5, 5.41) is 21.6. The van der Waals surface area contributed by atoms with E-state index in [0.717, 1.165) is 0 Å².